The van der Waals surface area contributed by atoms with Crippen LogP contribution < -0.4 is 5.32 Å². The molecule has 0 unspecified atom stereocenters. The van der Waals surface area contributed by atoms with Crippen LogP contribution in [-0.4, -0.2) is 12.6 Å². The van der Waals surface area contributed by atoms with Gasteiger partial charge < -0.3 is 10.1 Å². The second kappa shape index (κ2) is 8.21. The molecule has 2 aromatic carbocycles. The van der Waals surface area contributed by atoms with Gasteiger partial charge in [0.05, 0.1) is 11.6 Å². The molecule has 23 heavy (non-hydrogen) atoms. The third-order valence-corrected chi connectivity index (χ3v) is 3.32. The van der Waals surface area contributed by atoms with Crippen molar-refractivity contribution in [3.63, 3.8) is 0 Å². The molecular formula is C18H15ClFNO2. The van der Waals surface area contributed by atoms with Crippen LogP contribution in [0.1, 0.15) is 16.7 Å². The number of alkyl carbamates (subject to hydrolysis) is 1. The van der Waals surface area contributed by atoms with Gasteiger partial charge in [0, 0.05) is 5.56 Å². The zero-order chi connectivity index (χ0) is 16.7. The number of ether oxygens (including phenoxy) is 1. The number of carbonyl (C=O) groups excluding carboxylic acids is 1. The minimum Gasteiger partial charge on any atom is -0.445 e. The van der Waals surface area contributed by atoms with Crippen LogP contribution in [0.5, 0.6) is 0 Å². The van der Waals surface area contributed by atoms with E-state index < -0.39 is 6.09 Å². The molecule has 0 atom stereocenters. The highest BCUT2D eigenvalue weighted by Gasteiger charge is 2.03. The van der Waals surface area contributed by atoms with Gasteiger partial charge in [-0.1, -0.05) is 53.8 Å². The maximum absolute atomic E-state index is 13.4. The highest BCUT2D eigenvalue weighted by molar-refractivity contribution is 6.31. The van der Waals surface area contributed by atoms with E-state index in [1.807, 2.05) is 30.3 Å². The third kappa shape index (κ3) is 5.32. The SMILES string of the molecule is Cc1cc(Cl)c(C#CCNC(=O)OCc2ccccc2)cc1F. The van der Waals surface area contributed by atoms with Gasteiger partial charge >= 0.3 is 6.09 Å². The van der Waals surface area contributed by atoms with Gasteiger partial charge in [0.15, 0.2) is 0 Å². The van der Waals surface area contributed by atoms with Gasteiger partial charge in [-0.05, 0) is 30.2 Å². The molecule has 0 heterocycles. The highest BCUT2D eigenvalue weighted by atomic mass is 35.5. The molecule has 3 nitrogen and oxygen atoms in total. The number of rotatable bonds is 3. The van der Waals surface area contributed by atoms with E-state index in [2.05, 4.69) is 17.2 Å². The first kappa shape index (κ1) is 16.9. The zero-order valence-electron chi connectivity index (χ0n) is 12.5. The van der Waals surface area contributed by atoms with Crippen molar-refractivity contribution in [3.8, 4) is 11.8 Å². The fourth-order valence-corrected chi connectivity index (χ4v) is 2.04. The average Bonchev–Trinajstić information content (AvgIpc) is 2.55. The molecule has 2 rings (SSSR count). The van der Waals surface area contributed by atoms with Gasteiger partial charge in [-0.2, -0.15) is 0 Å². The number of benzene rings is 2. The fourth-order valence-electron chi connectivity index (χ4n) is 1.77. The normalized spacial score (nSPS) is 9.70. The van der Waals surface area contributed by atoms with Crippen molar-refractivity contribution in [1.29, 1.82) is 0 Å². The lowest BCUT2D eigenvalue weighted by molar-refractivity contribution is 0.141. The molecule has 0 radical (unpaired) electrons. The minimum absolute atomic E-state index is 0.0828. The molecule has 118 valence electrons. The highest BCUT2D eigenvalue weighted by Crippen LogP contribution is 2.19. The standard InChI is InChI=1S/C18H15ClFNO2/c1-13-10-16(19)15(11-17(13)20)8-5-9-21-18(22)23-12-14-6-3-2-4-7-14/h2-4,6-7,10-11H,9,12H2,1H3,(H,21,22). The van der Waals surface area contributed by atoms with E-state index in [4.69, 9.17) is 16.3 Å². The molecule has 1 N–H and O–H groups in total. The van der Waals surface area contributed by atoms with Gasteiger partial charge in [0.2, 0.25) is 0 Å². The lowest BCUT2D eigenvalue weighted by Gasteiger charge is -2.04. The maximum Gasteiger partial charge on any atom is 0.408 e. The minimum atomic E-state index is -0.565. The number of amides is 1. The van der Waals surface area contributed by atoms with Gasteiger partial charge in [0.1, 0.15) is 12.4 Å². The van der Waals surface area contributed by atoms with Crippen molar-refractivity contribution < 1.29 is 13.9 Å². The Morgan fingerprint density at radius 2 is 2.04 bits per heavy atom. The summed E-state index contributed by atoms with van der Waals surface area (Å²) in [4.78, 5) is 11.5. The Kier molecular flexibility index (Phi) is 6.02. The number of hydrogen-bond donors (Lipinski definition) is 1. The molecule has 0 spiro atoms. The molecule has 0 aliphatic carbocycles. The molecule has 5 heteroatoms. The number of nitrogens with one attached hydrogen (secondary N) is 1. The summed E-state index contributed by atoms with van der Waals surface area (Å²) >= 11 is 5.98. The Bertz CT molecular complexity index is 751. The van der Waals surface area contributed by atoms with E-state index in [1.165, 1.54) is 12.1 Å². The molecule has 2 aromatic rings. The monoisotopic (exact) mass is 331 g/mol. The topological polar surface area (TPSA) is 38.3 Å². The van der Waals surface area contributed by atoms with Crippen LogP contribution in [-0.2, 0) is 11.3 Å². The Labute approximate surface area is 139 Å². The van der Waals surface area contributed by atoms with E-state index in [9.17, 15) is 9.18 Å². The summed E-state index contributed by atoms with van der Waals surface area (Å²) in [6.45, 7) is 1.90. The third-order valence-electron chi connectivity index (χ3n) is 3.01. The quantitative estimate of drug-likeness (QED) is 0.861. The largest absolute Gasteiger partial charge is 0.445 e. The average molecular weight is 332 g/mol. The molecule has 0 bridgehead atoms. The molecule has 0 aliphatic heterocycles. The van der Waals surface area contributed by atoms with Crippen molar-refractivity contribution in [1.82, 2.24) is 5.32 Å². The molecular weight excluding hydrogens is 317 g/mol. The van der Waals surface area contributed by atoms with Crippen LogP contribution in [0.25, 0.3) is 0 Å². The van der Waals surface area contributed by atoms with E-state index in [1.54, 1.807) is 6.92 Å². The Morgan fingerprint density at radius 1 is 1.30 bits per heavy atom. The lowest BCUT2D eigenvalue weighted by Crippen LogP contribution is -2.24. The van der Waals surface area contributed by atoms with E-state index in [0.717, 1.165) is 5.56 Å². The Morgan fingerprint density at radius 3 is 2.78 bits per heavy atom. The predicted octanol–water partition coefficient (Wildman–Crippen LogP) is 4.07. The van der Waals surface area contributed by atoms with Crippen LogP contribution in [0, 0.1) is 24.6 Å². The number of carbonyl (C=O) groups is 1. The first-order valence-electron chi connectivity index (χ1n) is 6.95. The van der Waals surface area contributed by atoms with Crippen LogP contribution in [0.2, 0.25) is 5.02 Å². The smallest absolute Gasteiger partial charge is 0.408 e. The first-order valence-corrected chi connectivity index (χ1v) is 7.33. The Hall–Kier alpha value is -2.51. The van der Waals surface area contributed by atoms with Crippen molar-refractivity contribution in [2.75, 3.05) is 6.54 Å². The molecule has 0 saturated heterocycles. The number of aryl methyl sites for hydroxylation is 1. The van der Waals surface area contributed by atoms with E-state index in [0.29, 0.717) is 16.1 Å². The van der Waals surface area contributed by atoms with Gasteiger partial charge in [0.25, 0.3) is 0 Å². The molecule has 1 amide bonds. The van der Waals surface area contributed by atoms with Gasteiger partial charge in [-0.15, -0.1) is 0 Å². The van der Waals surface area contributed by atoms with Crippen molar-refractivity contribution >= 4 is 17.7 Å². The Balaban J connectivity index is 1.81. The summed E-state index contributed by atoms with van der Waals surface area (Å²) in [5.74, 6) is 5.06. The number of halogens is 2. The first-order chi connectivity index (χ1) is 11.1. The van der Waals surface area contributed by atoms with Gasteiger partial charge in [-0.3, -0.25) is 0 Å². The fraction of sp³-hybridized carbons (Fsp3) is 0.167. The summed E-state index contributed by atoms with van der Waals surface area (Å²) in [6.07, 6.45) is -0.565. The lowest BCUT2D eigenvalue weighted by atomic mass is 10.1. The van der Waals surface area contributed by atoms with Crippen LogP contribution in [0.3, 0.4) is 0 Å². The van der Waals surface area contributed by atoms with Crippen molar-refractivity contribution in [2.24, 2.45) is 0 Å². The number of hydrogen-bond acceptors (Lipinski definition) is 2. The van der Waals surface area contributed by atoms with Crippen LogP contribution >= 0.6 is 11.6 Å². The van der Waals surface area contributed by atoms with E-state index in [-0.39, 0.29) is 19.0 Å². The molecule has 0 saturated carbocycles. The molecule has 0 aromatic heterocycles. The van der Waals surface area contributed by atoms with Crippen LogP contribution in [0.4, 0.5) is 9.18 Å². The van der Waals surface area contributed by atoms with Crippen molar-refractivity contribution in [2.45, 2.75) is 13.5 Å². The predicted molar refractivity (Wildman–Crippen MR) is 87.7 cm³/mol. The molecule has 0 aliphatic rings. The summed E-state index contributed by atoms with van der Waals surface area (Å²) < 4.78 is 18.5. The van der Waals surface area contributed by atoms with Gasteiger partial charge in [-0.25, -0.2) is 9.18 Å². The van der Waals surface area contributed by atoms with E-state index >= 15 is 0 Å². The summed E-state index contributed by atoms with van der Waals surface area (Å²) in [5, 5.41) is 2.87. The molecule has 0 fully saturated rings. The zero-order valence-corrected chi connectivity index (χ0v) is 13.3. The maximum atomic E-state index is 13.4. The van der Waals surface area contributed by atoms with Crippen molar-refractivity contribution in [3.05, 3.63) is 70.0 Å². The summed E-state index contributed by atoms with van der Waals surface area (Å²) in [7, 11) is 0. The second-order valence-electron chi connectivity index (χ2n) is 4.80. The van der Waals surface area contributed by atoms with Crippen LogP contribution in [0.15, 0.2) is 42.5 Å². The summed E-state index contributed by atoms with van der Waals surface area (Å²) in [6, 6.07) is 12.1. The summed E-state index contributed by atoms with van der Waals surface area (Å²) in [5.41, 5.74) is 1.74. The second-order valence-corrected chi connectivity index (χ2v) is 5.21.